The summed E-state index contributed by atoms with van der Waals surface area (Å²) in [5.74, 6) is -0.0209. The van der Waals surface area contributed by atoms with E-state index in [2.05, 4.69) is 4.98 Å². The first-order chi connectivity index (χ1) is 5.79. The lowest BCUT2D eigenvalue weighted by Crippen LogP contribution is -1.89. The molecular weight excluding hydrogens is 154 g/mol. The maximum atomic E-state index is 11.0. The Hall–Kier alpha value is -1.64. The predicted molar refractivity (Wildman–Crippen MR) is 44.0 cm³/mol. The van der Waals surface area contributed by atoms with Gasteiger partial charge in [-0.3, -0.25) is 9.78 Å². The molecule has 2 aromatic rings. The Morgan fingerprint density at radius 3 is 3.17 bits per heavy atom. The van der Waals surface area contributed by atoms with Crippen LogP contribution >= 0.6 is 0 Å². The van der Waals surface area contributed by atoms with Crippen LogP contribution in [-0.2, 0) is 0 Å². The minimum atomic E-state index is -0.0209. The largest absolute Gasteiger partial charge is 0.462 e. The van der Waals surface area contributed by atoms with Gasteiger partial charge >= 0.3 is 0 Å². The van der Waals surface area contributed by atoms with Crippen molar-refractivity contribution in [1.82, 2.24) is 4.98 Å². The SMILES string of the molecule is CC(=O)c1coc2cccnc12. The normalized spacial score (nSPS) is 10.4. The van der Waals surface area contributed by atoms with Gasteiger partial charge in [0.05, 0.1) is 5.56 Å². The van der Waals surface area contributed by atoms with Crippen molar-refractivity contribution in [3.8, 4) is 0 Å². The van der Waals surface area contributed by atoms with Crippen LogP contribution in [0.5, 0.6) is 0 Å². The lowest BCUT2D eigenvalue weighted by atomic mass is 10.2. The van der Waals surface area contributed by atoms with E-state index in [0.29, 0.717) is 16.7 Å². The summed E-state index contributed by atoms with van der Waals surface area (Å²) >= 11 is 0. The predicted octanol–water partition coefficient (Wildman–Crippen LogP) is 2.03. The molecule has 0 saturated carbocycles. The van der Waals surface area contributed by atoms with E-state index in [1.807, 2.05) is 0 Å². The zero-order valence-corrected chi connectivity index (χ0v) is 6.57. The fourth-order valence-corrected chi connectivity index (χ4v) is 1.12. The molecule has 0 N–H and O–H groups in total. The highest BCUT2D eigenvalue weighted by Gasteiger charge is 2.09. The molecule has 3 nitrogen and oxygen atoms in total. The zero-order valence-electron chi connectivity index (χ0n) is 6.57. The third kappa shape index (κ3) is 0.906. The van der Waals surface area contributed by atoms with Gasteiger partial charge in [-0.2, -0.15) is 0 Å². The Bertz CT molecular complexity index is 431. The molecule has 0 spiro atoms. The minimum Gasteiger partial charge on any atom is -0.462 e. The average molecular weight is 161 g/mol. The van der Waals surface area contributed by atoms with Gasteiger partial charge in [-0.25, -0.2) is 0 Å². The number of nitrogens with zero attached hydrogens (tertiary/aromatic N) is 1. The van der Waals surface area contributed by atoms with Gasteiger partial charge in [0.1, 0.15) is 11.8 Å². The van der Waals surface area contributed by atoms with Crippen molar-refractivity contribution in [1.29, 1.82) is 0 Å². The molecule has 2 rings (SSSR count). The fraction of sp³-hybridized carbons (Fsp3) is 0.111. The number of ketones is 1. The van der Waals surface area contributed by atoms with E-state index in [0.717, 1.165) is 0 Å². The van der Waals surface area contributed by atoms with E-state index in [1.54, 1.807) is 18.3 Å². The second-order valence-corrected chi connectivity index (χ2v) is 2.56. The highest BCUT2D eigenvalue weighted by molar-refractivity contribution is 6.04. The van der Waals surface area contributed by atoms with Crippen LogP contribution in [0.1, 0.15) is 17.3 Å². The first-order valence-electron chi connectivity index (χ1n) is 3.62. The van der Waals surface area contributed by atoms with Gasteiger partial charge in [0.15, 0.2) is 11.4 Å². The molecule has 0 fully saturated rings. The number of carbonyl (C=O) groups is 1. The monoisotopic (exact) mass is 161 g/mol. The number of fused-ring (bicyclic) bond motifs is 1. The Labute approximate surface area is 69.0 Å². The number of hydrogen-bond acceptors (Lipinski definition) is 3. The van der Waals surface area contributed by atoms with E-state index in [1.165, 1.54) is 13.2 Å². The van der Waals surface area contributed by atoms with Gasteiger partial charge in [0.2, 0.25) is 0 Å². The second-order valence-electron chi connectivity index (χ2n) is 2.56. The summed E-state index contributed by atoms with van der Waals surface area (Å²) in [4.78, 5) is 15.1. The van der Waals surface area contributed by atoms with Crippen molar-refractivity contribution in [2.75, 3.05) is 0 Å². The summed E-state index contributed by atoms with van der Waals surface area (Å²) < 4.78 is 5.13. The fourth-order valence-electron chi connectivity index (χ4n) is 1.12. The molecule has 0 radical (unpaired) electrons. The van der Waals surface area contributed by atoms with Crippen LogP contribution < -0.4 is 0 Å². The van der Waals surface area contributed by atoms with E-state index < -0.39 is 0 Å². The number of rotatable bonds is 1. The molecule has 60 valence electrons. The summed E-state index contributed by atoms with van der Waals surface area (Å²) in [5, 5.41) is 0. The molecule has 0 bridgehead atoms. The zero-order chi connectivity index (χ0) is 8.55. The molecule has 0 atom stereocenters. The maximum absolute atomic E-state index is 11.0. The number of carbonyl (C=O) groups excluding carboxylic acids is 1. The van der Waals surface area contributed by atoms with E-state index in [4.69, 9.17) is 4.42 Å². The van der Waals surface area contributed by atoms with E-state index in [9.17, 15) is 4.79 Å². The summed E-state index contributed by atoms with van der Waals surface area (Å²) in [6.45, 7) is 1.50. The Kier molecular flexibility index (Phi) is 1.43. The van der Waals surface area contributed by atoms with Gasteiger partial charge in [-0.15, -0.1) is 0 Å². The average Bonchev–Trinajstić information content (AvgIpc) is 2.47. The van der Waals surface area contributed by atoms with Crippen LogP contribution in [0.2, 0.25) is 0 Å². The molecule has 2 heterocycles. The summed E-state index contributed by atoms with van der Waals surface area (Å²) in [6, 6.07) is 3.56. The van der Waals surface area contributed by atoms with Crippen molar-refractivity contribution in [2.45, 2.75) is 6.92 Å². The smallest absolute Gasteiger partial charge is 0.165 e. The van der Waals surface area contributed by atoms with Crippen molar-refractivity contribution in [3.63, 3.8) is 0 Å². The Morgan fingerprint density at radius 2 is 2.42 bits per heavy atom. The second kappa shape index (κ2) is 2.44. The molecule has 0 aliphatic heterocycles. The lowest BCUT2D eigenvalue weighted by molar-refractivity contribution is 0.101. The van der Waals surface area contributed by atoms with Crippen molar-refractivity contribution in [3.05, 3.63) is 30.2 Å². The van der Waals surface area contributed by atoms with Gasteiger partial charge < -0.3 is 4.42 Å². The van der Waals surface area contributed by atoms with Gasteiger partial charge in [-0.1, -0.05) is 0 Å². The molecule has 0 amide bonds. The van der Waals surface area contributed by atoms with Crippen molar-refractivity contribution >= 4 is 16.9 Å². The molecule has 0 unspecified atom stereocenters. The highest BCUT2D eigenvalue weighted by Crippen LogP contribution is 2.17. The van der Waals surface area contributed by atoms with E-state index >= 15 is 0 Å². The number of Topliss-reactive ketones (excluding diaryl/α,β-unsaturated/α-hetero) is 1. The quantitative estimate of drug-likeness (QED) is 0.601. The van der Waals surface area contributed by atoms with Crippen LogP contribution in [0.3, 0.4) is 0 Å². The first-order valence-corrected chi connectivity index (χ1v) is 3.62. The molecule has 0 aliphatic carbocycles. The maximum Gasteiger partial charge on any atom is 0.165 e. The highest BCUT2D eigenvalue weighted by atomic mass is 16.3. The summed E-state index contributed by atoms with van der Waals surface area (Å²) in [6.07, 6.45) is 3.09. The van der Waals surface area contributed by atoms with Gasteiger partial charge in [0.25, 0.3) is 0 Å². The van der Waals surface area contributed by atoms with Gasteiger partial charge in [0, 0.05) is 6.20 Å². The van der Waals surface area contributed by atoms with Crippen molar-refractivity contribution in [2.24, 2.45) is 0 Å². The Balaban J connectivity index is 2.79. The third-order valence-corrected chi connectivity index (χ3v) is 1.71. The molecule has 2 aromatic heterocycles. The summed E-state index contributed by atoms with van der Waals surface area (Å²) in [7, 11) is 0. The molecule has 0 aromatic carbocycles. The van der Waals surface area contributed by atoms with Crippen LogP contribution in [0.4, 0.5) is 0 Å². The number of furan rings is 1. The third-order valence-electron chi connectivity index (χ3n) is 1.71. The van der Waals surface area contributed by atoms with Crippen molar-refractivity contribution < 1.29 is 9.21 Å². The molecule has 3 heteroatoms. The van der Waals surface area contributed by atoms with Crippen LogP contribution in [0.15, 0.2) is 29.0 Å². The Morgan fingerprint density at radius 1 is 1.58 bits per heavy atom. The van der Waals surface area contributed by atoms with Crippen LogP contribution in [0, 0.1) is 0 Å². The number of aromatic nitrogens is 1. The molecular formula is C9H7NO2. The molecule has 0 aliphatic rings. The number of hydrogen-bond donors (Lipinski definition) is 0. The number of pyridine rings is 1. The minimum absolute atomic E-state index is 0.0209. The van der Waals surface area contributed by atoms with E-state index in [-0.39, 0.29) is 5.78 Å². The standard InChI is InChI=1S/C9H7NO2/c1-6(11)7-5-12-8-3-2-4-10-9(7)8/h2-5H,1H3. The van der Waals surface area contributed by atoms with Crippen LogP contribution in [-0.4, -0.2) is 10.8 Å². The van der Waals surface area contributed by atoms with Crippen LogP contribution in [0.25, 0.3) is 11.1 Å². The molecule has 12 heavy (non-hydrogen) atoms. The summed E-state index contributed by atoms with van der Waals surface area (Å²) in [5.41, 5.74) is 1.85. The topological polar surface area (TPSA) is 43.1 Å². The first kappa shape index (κ1) is 7.03. The lowest BCUT2D eigenvalue weighted by Gasteiger charge is -1.87. The van der Waals surface area contributed by atoms with Gasteiger partial charge in [-0.05, 0) is 19.1 Å². The molecule has 0 saturated heterocycles.